The molecule has 0 aliphatic heterocycles. The highest BCUT2D eigenvalue weighted by atomic mass is 19.1. The largest absolute Gasteiger partial charge is 0.206 e. The average Bonchev–Trinajstić information content (AvgIpc) is 3.55. The summed E-state index contributed by atoms with van der Waals surface area (Å²) in [6, 6.07) is 36.1. The van der Waals surface area contributed by atoms with E-state index in [1.54, 1.807) is 12.1 Å². The van der Waals surface area contributed by atoms with Gasteiger partial charge in [-0.15, -0.1) is 0 Å². The van der Waals surface area contributed by atoms with Gasteiger partial charge in [-0.1, -0.05) is 72.8 Å². The summed E-state index contributed by atoms with van der Waals surface area (Å²) in [5, 5.41) is 14.6. The number of fused-ring (bicyclic) bond motifs is 9. The van der Waals surface area contributed by atoms with E-state index in [2.05, 4.69) is 36.4 Å². The minimum absolute atomic E-state index is 0.0312. The van der Waals surface area contributed by atoms with Crippen molar-refractivity contribution >= 4 is 75.4 Å². The van der Waals surface area contributed by atoms with Crippen LogP contribution in [0.15, 0.2) is 121 Å². The molecule has 0 aliphatic rings. The Kier molecular flexibility index (Phi) is 4.96. The maximum absolute atomic E-state index is 14.8. The minimum Gasteiger partial charge on any atom is -0.206 e. The van der Waals surface area contributed by atoms with Crippen LogP contribution in [0, 0.1) is 23.3 Å². The third-order valence-corrected chi connectivity index (χ3v) is 9.82. The van der Waals surface area contributed by atoms with Gasteiger partial charge in [-0.2, -0.15) is 0 Å². The van der Waals surface area contributed by atoms with Gasteiger partial charge in [-0.3, -0.25) is 0 Å². The van der Waals surface area contributed by atoms with E-state index in [1.165, 1.54) is 36.4 Å². The lowest BCUT2D eigenvalue weighted by Crippen LogP contribution is -1.89. The zero-order valence-corrected chi connectivity index (χ0v) is 24.1. The molecule has 10 aromatic rings. The summed E-state index contributed by atoms with van der Waals surface area (Å²) in [6.07, 6.45) is 0. The zero-order chi connectivity index (χ0) is 30.8. The van der Waals surface area contributed by atoms with Gasteiger partial charge in [0.1, 0.15) is 23.3 Å². The Bertz CT molecular complexity index is 2660. The third kappa shape index (κ3) is 3.23. The van der Waals surface area contributed by atoms with Crippen LogP contribution in [0.1, 0.15) is 0 Å². The zero-order valence-electron chi connectivity index (χ0n) is 24.1. The van der Waals surface area contributed by atoms with Crippen LogP contribution in [-0.2, 0) is 0 Å². The Hall–Kier alpha value is -5.74. The summed E-state index contributed by atoms with van der Waals surface area (Å²) in [4.78, 5) is 0. The van der Waals surface area contributed by atoms with E-state index in [4.69, 9.17) is 0 Å². The number of halogens is 4. The molecule has 0 fully saturated rings. The van der Waals surface area contributed by atoms with Crippen LogP contribution in [0.2, 0.25) is 0 Å². The van der Waals surface area contributed by atoms with Crippen molar-refractivity contribution in [2.75, 3.05) is 0 Å². The molecule has 0 amide bonds. The minimum atomic E-state index is -0.593. The fraction of sp³-hybridized carbons (Fsp3) is 0. The number of rotatable bonds is 2. The molecule has 0 aromatic heterocycles. The van der Waals surface area contributed by atoms with E-state index in [0.717, 1.165) is 75.4 Å². The lowest BCUT2D eigenvalue weighted by Gasteiger charge is -2.10. The molecule has 0 bridgehead atoms. The van der Waals surface area contributed by atoms with Gasteiger partial charge in [0.2, 0.25) is 0 Å². The summed E-state index contributed by atoms with van der Waals surface area (Å²) >= 11 is 0. The Morgan fingerprint density at radius 2 is 0.587 bits per heavy atom. The fourth-order valence-electron chi connectivity index (χ4n) is 7.90. The van der Waals surface area contributed by atoms with Gasteiger partial charge in [0.05, 0.1) is 11.1 Å². The summed E-state index contributed by atoms with van der Waals surface area (Å²) in [5.74, 6) is -2.37. The van der Waals surface area contributed by atoms with E-state index < -0.39 is 23.3 Å². The highest BCUT2D eigenvalue weighted by Gasteiger charge is 2.21. The maximum Gasteiger partial charge on any atom is 0.133 e. The molecule has 46 heavy (non-hydrogen) atoms. The summed E-state index contributed by atoms with van der Waals surface area (Å²) in [5.41, 5.74) is 0.925. The molecule has 10 rings (SSSR count). The molecule has 0 saturated heterocycles. The van der Waals surface area contributed by atoms with Gasteiger partial charge in [0.15, 0.2) is 0 Å². The normalized spacial score (nSPS) is 12.3. The molecule has 0 nitrogen and oxygen atoms in total. The van der Waals surface area contributed by atoms with Crippen molar-refractivity contribution in [3.8, 4) is 22.3 Å². The van der Waals surface area contributed by atoms with Crippen LogP contribution in [-0.4, -0.2) is 0 Å². The SMILES string of the molecule is Fc1cccc(F)c1-c1ccc2c(c1)c1cc3c(cc4c5cc(-c6c(F)cccc6F)ccc5c5cccc3c54)c3cccc2c31. The number of benzene rings is 8. The second kappa shape index (κ2) is 8.92. The Labute approximate surface area is 259 Å². The van der Waals surface area contributed by atoms with E-state index in [9.17, 15) is 17.6 Å². The van der Waals surface area contributed by atoms with E-state index >= 15 is 0 Å². The Morgan fingerprint density at radius 3 is 0.978 bits per heavy atom. The van der Waals surface area contributed by atoms with Crippen LogP contribution in [0.25, 0.3) is 97.7 Å². The molecule has 0 radical (unpaired) electrons. The third-order valence-electron chi connectivity index (χ3n) is 9.82. The first-order valence-corrected chi connectivity index (χ1v) is 15.1. The molecule has 4 heteroatoms. The predicted molar refractivity (Wildman–Crippen MR) is 182 cm³/mol. The molecule has 0 unspecified atom stereocenters. The van der Waals surface area contributed by atoms with Crippen LogP contribution in [0.3, 0.4) is 0 Å². The monoisotopic (exact) mass is 600 g/mol. The summed E-state index contributed by atoms with van der Waals surface area (Å²) in [6.45, 7) is 0. The highest BCUT2D eigenvalue weighted by molar-refractivity contribution is 6.41. The molecule has 0 heterocycles. The molecule has 0 N–H and O–H groups in total. The quantitative estimate of drug-likeness (QED) is 0.137. The molecule has 0 spiro atoms. The van der Waals surface area contributed by atoms with Crippen molar-refractivity contribution in [1.82, 2.24) is 0 Å². The molecule has 0 atom stereocenters. The van der Waals surface area contributed by atoms with E-state index in [-0.39, 0.29) is 11.1 Å². The topological polar surface area (TPSA) is 0 Å². The first-order chi connectivity index (χ1) is 22.5. The van der Waals surface area contributed by atoms with Crippen molar-refractivity contribution in [2.24, 2.45) is 0 Å². The second-order valence-corrected chi connectivity index (χ2v) is 12.1. The van der Waals surface area contributed by atoms with Gasteiger partial charge in [-0.25, -0.2) is 17.6 Å². The predicted octanol–water partition coefficient (Wildman–Crippen LogP) is 12.5. The van der Waals surface area contributed by atoms with E-state index in [0.29, 0.717) is 11.1 Å². The average molecular weight is 601 g/mol. The number of hydrogen-bond acceptors (Lipinski definition) is 0. The van der Waals surface area contributed by atoms with Crippen LogP contribution < -0.4 is 0 Å². The number of hydrogen-bond donors (Lipinski definition) is 0. The van der Waals surface area contributed by atoms with Crippen LogP contribution in [0.5, 0.6) is 0 Å². The van der Waals surface area contributed by atoms with Crippen molar-refractivity contribution in [3.05, 3.63) is 145 Å². The summed E-state index contributed by atoms with van der Waals surface area (Å²) < 4.78 is 59.4. The molecule has 10 aromatic carbocycles. The molecule has 0 aliphatic carbocycles. The van der Waals surface area contributed by atoms with Crippen molar-refractivity contribution < 1.29 is 17.6 Å². The molecule has 0 saturated carbocycles. The van der Waals surface area contributed by atoms with Crippen molar-refractivity contribution in [1.29, 1.82) is 0 Å². The summed E-state index contributed by atoms with van der Waals surface area (Å²) in [7, 11) is 0. The van der Waals surface area contributed by atoms with Gasteiger partial charge >= 0.3 is 0 Å². The first kappa shape index (κ1) is 25.6. The van der Waals surface area contributed by atoms with Gasteiger partial charge in [-0.05, 0) is 135 Å². The van der Waals surface area contributed by atoms with E-state index in [1.807, 2.05) is 36.4 Å². The van der Waals surface area contributed by atoms with Crippen LogP contribution in [0.4, 0.5) is 17.6 Å². The van der Waals surface area contributed by atoms with Crippen LogP contribution >= 0.6 is 0 Å². The lowest BCUT2D eigenvalue weighted by molar-refractivity contribution is 0.589. The van der Waals surface area contributed by atoms with Gasteiger partial charge < -0.3 is 0 Å². The van der Waals surface area contributed by atoms with Gasteiger partial charge in [0, 0.05) is 0 Å². The molecule has 216 valence electrons. The maximum atomic E-state index is 14.8. The molecular formula is C42H20F4. The van der Waals surface area contributed by atoms with Crippen molar-refractivity contribution in [2.45, 2.75) is 0 Å². The second-order valence-electron chi connectivity index (χ2n) is 12.1. The van der Waals surface area contributed by atoms with Gasteiger partial charge in [0.25, 0.3) is 0 Å². The molecular weight excluding hydrogens is 580 g/mol. The fourth-order valence-corrected chi connectivity index (χ4v) is 7.90. The lowest BCUT2D eigenvalue weighted by atomic mass is 9.93. The highest BCUT2D eigenvalue weighted by Crippen LogP contribution is 2.48. The standard InChI is InChI=1S/C42H20F4/c43-35-9-3-10-36(44)39(35)21-13-15-23-25-5-1-7-27-31-19-34-30-18-22(40-37(45)11-4-12-38(40)46)14-16-24(30)26-6-2-8-28(42(26)34)32(31)20-33(41(25)27)29(23)17-21/h1-20H. The Balaban J connectivity index is 1.33. The first-order valence-electron chi connectivity index (χ1n) is 15.1. The van der Waals surface area contributed by atoms with Crippen molar-refractivity contribution in [3.63, 3.8) is 0 Å². The smallest absolute Gasteiger partial charge is 0.133 e. The Morgan fingerprint density at radius 1 is 0.261 bits per heavy atom.